The van der Waals surface area contributed by atoms with E-state index in [1.54, 1.807) is 0 Å². The number of hydrogen-bond donors (Lipinski definition) is 1. The molecule has 0 amide bonds. The summed E-state index contributed by atoms with van der Waals surface area (Å²) in [6.07, 6.45) is 0. The van der Waals surface area contributed by atoms with Gasteiger partial charge in [-0.3, -0.25) is 10.1 Å². The first-order chi connectivity index (χ1) is 9.49. The van der Waals surface area contributed by atoms with Crippen LogP contribution in [-0.2, 0) is 6.61 Å². The number of carboxylic acids is 1. The Hall–Kier alpha value is -1.93. The van der Waals surface area contributed by atoms with Crippen LogP contribution in [0.5, 0.6) is 5.75 Å². The van der Waals surface area contributed by atoms with Crippen molar-refractivity contribution in [3.05, 3.63) is 54.7 Å². The summed E-state index contributed by atoms with van der Waals surface area (Å²) in [5, 5.41) is 21.6. The van der Waals surface area contributed by atoms with Crippen LogP contribution in [0.15, 0.2) is 34.1 Å². The van der Waals surface area contributed by atoms with E-state index in [0.717, 1.165) is 15.4 Å². The van der Waals surface area contributed by atoms with Crippen LogP contribution in [0, 0.1) is 10.1 Å². The van der Waals surface area contributed by atoms with Gasteiger partial charge in [-0.05, 0) is 39.5 Å². The molecule has 1 aromatic carbocycles. The standard InChI is InChI=1S/C12H8BrNO5S/c13-8-3-4-20-11(8)6-19-10-2-1-7(12(15)16)5-9(10)14(17)18/h1-5H,6H2,(H,15,16). The van der Waals surface area contributed by atoms with Crippen LogP contribution in [0.1, 0.15) is 15.2 Å². The molecule has 2 aromatic rings. The van der Waals surface area contributed by atoms with E-state index in [0.29, 0.717) is 0 Å². The minimum Gasteiger partial charge on any atom is -0.481 e. The molecule has 0 saturated carbocycles. The van der Waals surface area contributed by atoms with Gasteiger partial charge in [-0.25, -0.2) is 4.79 Å². The van der Waals surface area contributed by atoms with Crippen molar-refractivity contribution in [2.24, 2.45) is 0 Å². The molecule has 0 fully saturated rings. The molecule has 1 N–H and O–H groups in total. The molecule has 0 aliphatic heterocycles. The molecule has 0 aliphatic carbocycles. The summed E-state index contributed by atoms with van der Waals surface area (Å²) in [5.41, 5.74) is -0.515. The molecule has 2 rings (SSSR count). The molecule has 0 aliphatic rings. The number of halogens is 1. The van der Waals surface area contributed by atoms with Crippen molar-refractivity contribution < 1.29 is 19.6 Å². The maximum Gasteiger partial charge on any atom is 0.335 e. The van der Waals surface area contributed by atoms with Gasteiger partial charge in [0.05, 0.1) is 15.4 Å². The van der Waals surface area contributed by atoms with E-state index in [1.165, 1.54) is 23.5 Å². The first-order valence-electron chi connectivity index (χ1n) is 5.35. The van der Waals surface area contributed by atoms with Crippen LogP contribution < -0.4 is 4.74 Å². The van der Waals surface area contributed by atoms with Crippen LogP contribution in [0.2, 0.25) is 0 Å². The van der Waals surface area contributed by atoms with Gasteiger partial charge in [-0.15, -0.1) is 11.3 Å². The van der Waals surface area contributed by atoms with Crippen molar-refractivity contribution in [1.82, 2.24) is 0 Å². The van der Waals surface area contributed by atoms with Crippen LogP contribution >= 0.6 is 27.3 Å². The zero-order chi connectivity index (χ0) is 14.7. The average Bonchev–Trinajstić information content (AvgIpc) is 2.81. The lowest BCUT2D eigenvalue weighted by atomic mass is 10.2. The minimum absolute atomic E-state index is 0.0419. The summed E-state index contributed by atoms with van der Waals surface area (Å²) >= 11 is 4.79. The summed E-state index contributed by atoms with van der Waals surface area (Å²) in [4.78, 5) is 22.0. The molecule has 1 aromatic heterocycles. The van der Waals surface area contributed by atoms with Crippen molar-refractivity contribution in [2.75, 3.05) is 0 Å². The second kappa shape index (κ2) is 6.02. The van der Waals surface area contributed by atoms with Gasteiger partial charge in [-0.2, -0.15) is 0 Å². The molecule has 1 heterocycles. The van der Waals surface area contributed by atoms with Crippen molar-refractivity contribution in [1.29, 1.82) is 0 Å². The number of carboxylic acid groups (broad SMARTS) is 1. The van der Waals surface area contributed by atoms with E-state index < -0.39 is 10.9 Å². The van der Waals surface area contributed by atoms with Crippen LogP contribution in [-0.4, -0.2) is 16.0 Å². The van der Waals surface area contributed by atoms with Crippen molar-refractivity contribution in [3.63, 3.8) is 0 Å². The first-order valence-corrected chi connectivity index (χ1v) is 7.02. The highest BCUT2D eigenvalue weighted by molar-refractivity contribution is 9.10. The van der Waals surface area contributed by atoms with Crippen molar-refractivity contribution >= 4 is 38.9 Å². The second-order valence-electron chi connectivity index (χ2n) is 3.73. The largest absolute Gasteiger partial charge is 0.481 e. The third-order valence-corrected chi connectivity index (χ3v) is 4.35. The lowest BCUT2D eigenvalue weighted by Crippen LogP contribution is -2.02. The Labute approximate surface area is 125 Å². The second-order valence-corrected chi connectivity index (χ2v) is 5.58. The van der Waals surface area contributed by atoms with Gasteiger partial charge in [-0.1, -0.05) is 0 Å². The number of nitro benzene ring substituents is 1. The number of ether oxygens (including phenoxy) is 1. The predicted octanol–water partition coefficient (Wildman–Crippen LogP) is 3.70. The van der Waals surface area contributed by atoms with Gasteiger partial charge in [0.15, 0.2) is 5.75 Å². The van der Waals surface area contributed by atoms with Gasteiger partial charge < -0.3 is 9.84 Å². The number of rotatable bonds is 5. The molecule has 104 valence electrons. The summed E-state index contributed by atoms with van der Waals surface area (Å²) < 4.78 is 6.27. The summed E-state index contributed by atoms with van der Waals surface area (Å²) in [7, 11) is 0. The maximum absolute atomic E-state index is 11.0. The lowest BCUT2D eigenvalue weighted by Gasteiger charge is -2.06. The zero-order valence-corrected chi connectivity index (χ0v) is 12.3. The number of aromatic carboxylic acids is 1. The monoisotopic (exact) mass is 357 g/mol. The molecule has 20 heavy (non-hydrogen) atoms. The number of carbonyl (C=O) groups is 1. The predicted molar refractivity (Wildman–Crippen MR) is 76.4 cm³/mol. The number of hydrogen-bond acceptors (Lipinski definition) is 5. The molecule has 0 unspecified atom stereocenters. The van der Waals surface area contributed by atoms with E-state index in [1.807, 2.05) is 11.4 Å². The summed E-state index contributed by atoms with van der Waals surface area (Å²) in [6, 6.07) is 5.41. The number of benzene rings is 1. The van der Waals surface area contributed by atoms with Gasteiger partial charge in [0.1, 0.15) is 6.61 Å². The minimum atomic E-state index is -1.22. The van der Waals surface area contributed by atoms with Gasteiger partial charge >= 0.3 is 11.7 Å². The molecule has 0 atom stereocenters. The zero-order valence-electron chi connectivity index (χ0n) is 9.91. The van der Waals surface area contributed by atoms with E-state index in [2.05, 4.69) is 15.9 Å². The van der Waals surface area contributed by atoms with E-state index >= 15 is 0 Å². The van der Waals surface area contributed by atoms with E-state index in [4.69, 9.17) is 9.84 Å². The molecule has 0 bridgehead atoms. The third-order valence-electron chi connectivity index (χ3n) is 2.45. The summed E-state index contributed by atoms with van der Waals surface area (Å²) in [5.74, 6) is -1.18. The number of thiophene rings is 1. The van der Waals surface area contributed by atoms with Gasteiger partial charge in [0.2, 0.25) is 0 Å². The average molecular weight is 358 g/mol. The maximum atomic E-state index is 11.0. The lowest BCUT2D eigenvalue weighted by molar-refractivity contribution is -0.386. The van der Waals surface area contributed by atoms with Crippen LogP contribution in [0.4, 0.5) is 5.69 Å². The molecular weight excluding hydrogens is 350 g/mol. The topological polar surface area (TPSA) is 89.7 Å². The van der Waals surface area contributed by atoms with Gasteiger partial charge in [0, 0.05) is 10.5 Å². The molecule has 0 spiro atoms. The Morgan fingerprint density at radius 2 is 2.20 bits per heavy atom. The number of nitrogens with zero attached hydrogens (tertiary/aromatic N) is 1. The molecular formula is C12H8BrNO5S. The highest BCUT2D eigenvalue weighted by Gasteiger charge is 2.19. The highest BCUT2D eigenvalue weighted by atomic mass is 79.9. The van der Waals surface area contributed by atoms with Gasteiger partial charge in [0.25, 0.3) is 0 Å². The molecule has 8 heteroatoms. The van der Waals surface area contributed by atoms with E-state index in [-0.39, 0.29) is 23.6 Å². The normalized spacial score (nSPS) is 10.2. The third kappa shape index (κ3) is 3.14. The van der Waals surface area contributed by atoms with Crippen molar-refractivity contribution in [3.8, 4) is 5.75 Å². The van der Waals surface area contributed by atoms with E-state index in [9.17, 15) is 14.9 Å². The highest BCUT2D eigenvalue weighted by Crippen LogP contribution is 2.30. The molecule has 0 saturated heterocycles. The Morgan fingerprint density at radius 1 is 1.45 bits per heavy atom. The quantitative estimate of drug-likeness (QED) is 0.650. The Morgan fingerprint density at radius 3 is 2.75 bits per heavy atom. The van der Waals surface area contributed by atoms with Crippen LogP contribution in [0.3, 0.4) is 0 Å². The Balaban J connectivity index is 2.25. The molecule has 0 radical (unpaired) electrons. The fraction of sp³-hybridized carbons (Fsp3) is 0.0833. The fourth-order valence-electron chi connectivity index (χ4n) is 1.49. The summed E-state index contributed by atoms with van der Waals surface area (Å²) in [6.45, 7) is 0.172. The Bertz CT molecular complexity index is 670. The number of nitro groups is 1. The fourth-order valence-corrected chi connectivity index (χ4v) is 2.86. The SMILES string of the molecule is O=C(O)c1ccc(OCc2sccc2Br)c([N+](=O)[O-])c1. The first kappa shape index (κ1) is 14.5. The smallest absolute Gasteiger partial charge is 0.335 e. The molecule has 6 nitrogen and oxygen atoms in total. The van der Waals surface area contributed by atoms with Crippen LogP contribution in [0.25, 0.3) is 0 Å². The Kier molecular flexibility index (Phi) is 4.35. The van der Waals surface area contributed by atoms with Crippen molar-refractivity contribution in [2.45, 2.75) is 6.61 Å².